The van der Waals surface area contributed by atoms with E-state index in [2.05, 4.69) is 4.98 Å². The summed E-state index contributed by atoms with van der Waals surface area (Å²) in [5.74, 6) is -0.255. The normalized spacial score (nSPS) is 16.3. The highest BCUT2D eigenvalue weighted by Gasteiger charge is 2.29. The number of methoxy groups -OCH3 is 1. The van der Waals surface area contributed by atoms with Crippen molar-refractivity contribution in [1.82, 2.24) is 9.55 Å². The van der Waals surface area contributed by atoms with Crippen LogP contribution in [0.2, 0.25) is 0 Å². The molecule has 3 heterocycles. The van der Waals surface area contributed by atoms with Crippen LogP contribution in [0.3, 0.4) is 0 Å². The van der Waals surface area contributed by atoms with Crippen LogP contribution in [0.5, 0.6) is 0 Å². The number of rotatable bonds is 5. The largest absolute Gasteiger partial charge is 0.467 e. The number of aromatic nitrogens is 2. The number of hydrogen-bond acceptors (Lipinski definition) is 8. The second-order valence-electron chi connectivity index (χ2n) is 6.15. The molecule has 9 heteroatoms. The van der Waals surface area contributed by atoms with E-state index in [4.69, 9.17) is 13.9 Å². The van der Waals surface area contributed by atoms with Gasteiger partial charge in [0.25, 0.3) is 5.56 Å². The van der Waals surface area contributed by atoms with Gasteiger partial charge in [0.1, 0.15) is 11.0 Å². The Labute approximate surface area is 163 Å². The number of carbonyl (C=O) groups is 2. The van der Waals surface area contributed by atoms with E-state index in [-0.39, 0.29) is 18.1 Å². The van der Waals surface area contributed by atoms with Gasteiger partial charge in [-0.15, -0.1) is 0 Å². The third-order valence-electron chi connectivity index (χ3n) is 4.37. The number of furan rings is 1. The van der Waals surface area contributed by atoms with Crippen LogP contribution in [0.25, 0.3) is 10.9 Å². The van der Waals surface area contributed by atoms with E-state index in [1.807, 2.05) is 0 Å². The number of thioether (sulfide) groups is 1. The van der Waals surface area contributed by atoms with E-state index in [0.29, 0.717) is 40.4 Å². The van der Waals surface area contributed by atoms with E-state index in [9.17, 15) is 14.4 Å². The number of fused-ring (bicyclic) bond motifs is 1. The zero-order chi connectivity index (χ0) is 19.7. The van der Waals surface area contributed by atoms with E-state index >= 15 is 0 Å². The van der Waals surface area contributed by atoms with E-state index in [1.165, 1.54) is 41.8 Å². The molecule has 3 aromatic rings. The third-order valence-corrected chi connectivity index (χ3v) is 5.61. The Kier molecular flexibility index (Phi) is 4.91. The van der Waals surface area contributed by atoms with Crippen LogP contribution in [-0.4, -0.2) is 40.5 Å². The molecule has 1 fully saturated rings. The molecule has 0 aliphatic carbocycles. The molecule has 0 spiro atoms. The molecular formula is C19H16N2O6S. The summed E-state index contributed by atoms with van der Waals surface area (Å²) in [5.41, 5.74) is 0.367. The summed E-state index contributed by atoms with van der Waals surface area (Å²) in [4.78, 5) is 41.4. The SMILES string of the molecule is COC(=O)c1ccc2c(=O)n(Cc3ccco3)c(S[C@@H]3CCOC3=O)nc2c1. The van der Waals surface area contributed by atoms with Gasteiger partial charge in [-0.2, -0.15) is 0 Å². The minimum absolute atomic E-state index is 0.178. The fourth-order valence-electron chi connectivity index (χ4n) is 2.94. The summed E-state index contributed by atoms with van der Waals surface area (Å²) >= 11 is 1.18. The molecular weight excluding hydrogens is 384 g/mol. The number of benzene rings is 1. The van der Waals surface area contributed by atoms with Crippen molar-refractivity contribution in [2.75, 3.05) is 13.7 Å². The Hall–Kier alpha value is -3.07. The molecule has 144 valence electrons. The summed E-state index contributed by atoms with van der Waals surface area (Å²) in [6.07, 6.45) is 2.07. The van der Waals surface area contributed by atoms with Gasteiger partial charge in [0.05, 0.1) is 43.0 Å². The standard InChI is InChI=1S/C19H16N2O6S/c1-25-17(23)11-4-5-13-14(9-11)20-19(28-15-6-8-27-18(15)24)21(16(13)22)10-12-3-2-7-26-12/h2-5,7,9,15H,6,8,10H2,1H3/t15-/m1/s1. The molecule has 0 radical (unpaired) electrons. The summed E-state index contributed by atoms with van der Waals surface area (Å²) < 4.78 is 16.6. The van der Waals surface area contributed by atoms with Crippen LogP contribution in [0.15, 0.2) is 51.0 Å². The Balaban J connectivity index is 1.84. The Morgan fingerprint density at radius 3 is 2.89 bits per heavy atom. The Morgan fingerprint density at radius 2 is 2.21 bits per heavy atom. The van der Waals surface area contributed by atoms with Crippen molar-refractivity contribution >= 4 is 34.6 Å². The molecule has 0 saturated carbocycles. The van der Waals surface area contributed by atoms with Gasteiger partial charge in [-0.05, 0) is 30.3 Å². The average molecular weight is 400 g/mol. The average Bonchev–Trinajstić information content (AvgIpc) is 3.36. The predicted molar refractivity (Wildman–Crippen MR) is 100 cm³/mol. The Morgan fingerprint density at radius 1 is 1.36 bits per heavy atom. The van der Waals surface area contributed by atoms with Crippen molar-refractivity contribution in [1.29, 1.82) is 0 Å². The van der Waals surface area contributed by atoms with E-state index in [0.717, 1.165) is 0 Å². The van der Waals surface area contributed by atoms with Gasteiger partial charge in [0.2, 0.25) is 0 Å². The summed E-state index contributed by atoms with van der Waals surface area (Å²) in [6.45, 7) is 0.524. The highest BCUT2D eigenvalue weighted by atomic mass is 32.2. The molecule has 0 amide bonds. The first-order valence-corrected chi connectivity index (χ1v) is 9.43. The maximum Gasteiger partial charge on any atom is 0.337 e. The van der Waals surface area contributed by atoms with Gasteiger partial charge in [0.15, 0.2) is 5.16 Å². The smallest absolute Gasteiger partial charge is 0.337 e. The third kappa shape index (κ3) is 3.40. The highest BCUT2D eigenvalue weighted by Crippen LogP contribution is 2.29. The summed E-state index contributed by atoms with van der Waals surface area (Å²) in [6, 6.07) is 8.08. The van der Waals surface area contributed by atoms with E-state index < -0.39 is 11.2 Å². The number of carbonyl (C=O) groups excluding carboxylic acids is 2. The molecule has 8 nitrogen and oxygen atoms in total. The minimum atomic E-state index is -0.517. The number of ether oxygens (including phenoxy) is 2. The molecule has 1 aliphatic rings. The quantitative estimate of drug-likeness (QED) is 0.475. The van der Waals surface area contributed by atoms with Crippen molar-refractivity contribution in [3.63, 3.8) is 0 Å². The first-order valence-electron chi connectivity index (χ1n) is 8.55. The Bertz CT molecular complexity index is 1110. The number of nitrogens with zero attached hydrogens (tertiary/aromatic N) is 2. The summed E-state index contributed by atoms with van der Waals surface area (Å²) in [5, 5.41) is 0.285. The molecule has 1 aromatic carbocycles. The number of esters is 2. The van der Waals surface area contributed by atoms with Gasteiger partial charge < -0.3 is 13.9 Å². The van der Waals surface area contributed by atoms with Gasteiger partial charge in [-0.25, -0.2) is 9.78 Å². The molecule has 28 heavy (non-hydrogen) atoms. The molecule has 0 bridgehead atoms. The fourth-order valence-corrected chi connectivity index (χ4v) is 4.00. The highest BCUT2D eigenvalue weighted by molar-refractivity contribution is 8.00. The minimum Gasteiger partial charge on any atom is -0.467 e. The first-order chi connectivity index (χ1) is 13.6. The van der Waals surface area contributed by atoms with Gasteiger partial charge >= 0.3 is 11.9 Å². The molecule has 2 aromatic heterocycles. The molecule has 0 N–H and O–H groups in total. The van der Waals surface area contributed by atoms with Crippen LogP contribution < -0.4 is 5.56 Å². The zero-order valence-electron chi connectivity index (χ0n) is 14.9. The topological polar surface area (TPSA) is 101 Å². The first kappa shape index (κ1) is 18.3. The van der Waals surface area contributed by atoms with Crippen molar-refractivity contribution in [3.05, 3.63) is 58.3 Å². The van der Waals surface area contributed by atoms with Crippen molar-refractivity contribution < 1.29 is 23.5 Å². The maximum atomic E-state index is 13.1. The van der Waals surface area contributed by atoms with Gasteiger partial charge in [0, 0.05) is 6.42 Å². The van der Waals surface area contributed by atoms with Crippen LogP contribution >= 0.6 is 11.8 Å². The maximum absolute atomic E-state index is 13.1. The number of hydrogen-bond donors (Lipinski definition) is 0. The second-order valence-corrected chi connectivity index (χ2v) is 7.32. The number of cyclic esters (lactones) is 1. The van der Waals surface area contributed by atoms with Gasteiger partial charge in [-0.3, -0.25) is 14.2 Å². The lowest BCUT2D eigenvalue weighted by molar-refractivity contribution is -0.137. The van der Waals surface area contributed by atoms with Crippen LogP contribution in [-0.2, 0) is 20.8 Å². The monoisotopic (exact) mass is 400 g/mol. The molecule has 1 atom stereocenters. The zero-order valence-corrected chi connectivity index (χ0v) is 15.7. The lowest BCUT2D eigenvalue weighted by Crippen LogP contribution is -2.25. The van der Waals surface area contributed by atoms with Crippen LogP contribution in [0.4, 0.5) is 0 Å². The van der Waals surface area contributed by atoms with Crippen molar-refractivity contribution in [2.24, 2.45) is 0 Å². The molecule has 0 unspecified atom stereocenters. The molecule has 4 rings (SSSR count). The summed E-state index contributed by atoms with van der Waals surface area (Å²) in [7, 11) is 1.29. The molecule has 1 aliphatic heterocycles. The van der Waals surface area contributed by atoms with Crippen LogP contribution in [0.1, 0.15) is 22.5 Å². The van der Waals surface area contributed by atoms with Gasteiger partial charge in [-0.1, -0.05) is 11.8 Å². The van der Waals surface area contributed by atoms with Crippen molar-refractivity contribution in [2.45, 2.75) is 23.4 Å². The fraction of sp³-hybridized carbons (Fsp3) is 0.263. The van der Waals surface area contributed by atoms with Crippen molar-refractivity contribution in [3.8, 4) is 0 Å². The lowest BCUT2D eigenvalue weighted by atomic mass is 10.1. The van der Waals surface area contributed by atoms with E-state index in [1.54, 1.807) is 18.2 Å². The second kappa shape index (κ2) is 7.51. The lowest BCUT2D eigenvalue weighted by Gasteiger charge is -2.14. The predicted octanol–water partition coefficient (Wildman–Crippen LogP) is 2.23. The molecule has 1 saturated heterocycles. The van der Waals surface area contributed by atoms with Crippen LogP contribution in [0, 0.1) is 0 Å².